The van der Waals surface area contributed by atoms with E-state index in [1.54, 1.807) is 30.3 Å². The molecule has 51 heavy (non-hydrogen) atoms. The summed E-state index contributed by atoms with van der Waals surface area (Å²) < 4.78 is 22.9. The molecule has 2 atom stereocenters. The van der Waals surface area contributed by atoms with Crippen LogP contribution < -0.4 is 4.74 Å². The molecule has 1 aliphatic carbocycles. The van der Waals surface area contributed by atoms with Crippen molar-refractivity contribution in [3.05, 3.63) is 96.6 Å². The third-order valence-corrected chi connectivity index (χ3v) is 9.42. The molecule has 0 aliphatic heterocycles. The Hall–Kier alpha value is -3.97. The van der Waals surface area contributed by atoms with Crippen LogP contribution in [0.5, 0.6) is 5.75 Å². The normalized spacial score (nSPS) is 15.8. The van der Waals surface area contributed by atoms with Gasteiger partial charge in [-0.3, -0.25) is 0 Å². The number of rotatable bonds is 26. The van der Waals surface area contributed by atoms with Crippen molar-refractivity contribution in [1.82, 2.24) is 0 Å². The topological polar surface area (TPSA) is 88.1 Å². The van der Waals surface area contributed by atoms with Gasteiger partial charge in [-0.25, -0.2) is 14.4 Å². The van der Waals surface area contributed by atoms with Crippen molar-refractivity contribution >= 4 is 23.5 Å². The predicted molar refractivity (Wildman–Crippen MR) is 204 cm³/mol. The van der Waals surface area contributed by atoms with Gasteiger partial charge in [0, 0.05) is 24.7 Å². The Morgan fingerprint density at radius 3 is 1.90 bits per heavy atom. The predicted octanol–water partition coefficient (Wildman–Crippen LogP) is 10.8. The Morgan fingerprint density at radius 2 is 1.33 bits per heavy atom. The van der Waals surface area contributed by atoms with Gasteiger partial charge in [0.2, 0.25) is 0 Å². The maximum absolute atomic E-state index is 13.5. The van der Waals surface area contributed by atoms with E-state index in [1.807, 2.05) is 42.5 Å². The Kier molecular flexibility index (Phi) is 19.7. The molecule has 0 spiro atoms. The lowest BCUT2D eigenvalue weighted by Crippen LogP contribution is -2.42. The second kappa shape index (κ2) is 24.3. The highest BCUT2D eigenvalue weighted by Gasteiger charge is 2.40. The molecule has 2 aromatic carbocycles. The van der Waals surface area contributed by atoms with Crippen LogP contribution >= 0.6 is 0 Å². The van der Waals surface area contributed by atoms with Gasteiger partial charge >= 0.3 is 17.9 Å². The van der Waals surface area contributed by atoms with Gasteiger partial charge in [-0.15, -0.1) is 0 Å². The van der Waals surface area contributed by atoms with Crippen molar-refractivity contribution in [2.45, 2.75) is 122 Å². The van der Waals surface area contributed by atoms with Crippen LogP contribution in [0.3, 0.4) is 0 Å². The minimum Gasteiger partial charge on any atom is -0.463 e. The fourth-order valence-electron chi connectivity index (χ4n) is 5.94. The molecule has 0 N–H and O–H groups in total. The number of carbonyl (C=O) groups is 3. The second-order valence-corrected chi connectivity index (χ2v) is 13.6. The van der Waals surface area contributed by atoms with Crippen molar-refractivity contribution in [2.24, 2.45) is 5.92 Å². The van der Waals surface area contributed by atoms with Crippen LogP contribution in [0.15, 0.2) is 85.5 Å². The summed E-state index contributed by atoms with van der Waals surface area (Å²) in [6.45, 7) is 8.90. The van der Waals surface area contributed by atoms with Crippen molar-refractivity contribution in [2.75, 3.05) is 19.8 Å². The summed E-state index contributed by atoms with van der Waals surface area (Å²) >= 11 is 0. The largest absolute Gasteiger partial charge is 0.463 e. The standard InChI is InChI=1S/C44H60O7/c1-4-36(3)35-49-43(47)44(50-34-24-17-15-13-11-9-7-6-8-10-12-14-16-23-33-48-41(45)5-2)31-29-37(30-32-44)39-27-21-22-28-40(39)51-42(46)38-25-19-18-20-26-38/h5,18-22,25-31,36H,2,4,6-17,23-24,32-35H2,1,3H3. The Morgan fingerprint density at radius 1 is 0.765 bits per heavy atom. The summed E-state index contributed by atoms with van der Waals surface area (Å²) in [5, 5.41) is 0. The van der Waals surface area contributed by atoms with Gasteiger partial charge in [-0.2, -0.15) is 0 Å². The first-order valence-corrected chi connectivity index (χ1v) is 19.2. The number of ether oxygens (including phenoxy) is 4. The van der Waals surface area contributed by atoms with E-state index in [0.29, 0.717) is 37.6 Å². The highest BCUT2D eigenvalue weighted by atomic mass is 16.6. The van der Waals surface area contributed by atoms with Crippen LogP contribution in [0.2, 0.25) is 0 Å². The molecule has 0 heterocycles. The molecule has 7 nitrogen and oxygen atoms in total. The number of hydrogen-bond acceptors (Lipinski definition) is 7. The summed E-state index contributed by atoms with van der Waals surface area (Å²) in [7, 11) is 0. The van der Waals surface area contributed by atoms with Crippen molar-refractivity contribution in [3.63, 3.8) is 0 Å². The zero-order valence-electron chi connectivity index (χ0n) is 31.1. The number of para-hydroxylation sites is 1. The van der Waals surface area contributed by atoms with E-state index in [4.69, 9.17) is 18.9 Å². The number of esters is 3. The smallest absolute Gasteiger partial charge is 0.343 e. The summed E-state index contributed by atoms with van der Waals surface area (Å²) in [5.74, 6) is -0.376. The molecule has 0 saturated carbocycles. The number of allylic oxidation sites excluding steroid dienone is 2. The van der Waals surface area contributed by atoms with Gasteiger partial charge in [0.1, 0.15) is 5.75 Å². The zero-order valence-corrected chi connectivity index (χ0v) is 31.1. The lowest BCUT2D eigenvalue weighted by Gasteiger charge is -2.31. The van der Waals surface area contributed by atoms with Crippen molar-refractivity contribution in [1.29, 1.82) is 0 Å². The molecule has 7 heteroatoms. The number of hydrogen-bond donors (Lipinski definition) is 0. The maximum atomic E-state index is 13.5. The number of benzene rings is 2. The first-order valence-electron chi connectivity index (χ1n) is 19.2. The van der Waals surface area contributed by atoms with E-state index in [1.165, 1.54) is 63.9 Å². The number of carbonyl (C=O) groups excluding carboxylic acids is 3. The quantitative estimate of drug-likeness (QED) is 0.0418. The minimum atomic E-state index is -1.17. The molecular formula is C44H60O7. The minimum absolute atomic E-state index is 0.272. The van der Waals surface area contributed by atoms with Gasteiger partial charge < -0.3 is 18.9 Å². The van der Waals surface area contributed by atoms with Gasteiger partial charge in [-0.05, 0) is 48.6 Å². The summed E-state index contributed by atoms with van der Waals surface area (Å²) in [5.41, 5.74) is 0.945. The molecule has 1 aliphatic rings. The highest BCUT2D eigenvalue weighted by molar-refractivity contribution is 5.93. The third-order valence-electron chi connectivity index (χ3n) is 9.42. The fourth-order valence-corrected chi connectivity index (χ4v) is 5.94. The molecule has 3 rings (SSSR count). The zero-order chi connectivity index (χ0) is 36.6. The monoisotopic (exact) mass is 700 g/mol. The molecular weight excluding hydrogens is 640 g/mol. The SMILES string of the molecule is C=CC(=O)OCCCCCCCCCCCCCCCCOC1(C(=O)OCC(C)CC)C=CC(c2ccccc2OC(=O)c2ccccc2)=CC1. The van der Waals surface area contributed by atoms with Gasteiger partial charge in [0.05, 0.1) is 18.8 Å². The first-order chi connectivity index (χ1) is 24.9. The molecule has 0 fully saturated rings. The van der Waals surface area contributed by atoms with E-state index in [-0.39, 0.29) is 17.9 Å². The fraction of sp³-hybridized carbons (Fsp3) is 0.523. The molecule has 0 aromatic heterocycles. The summed E-state index contributed by atoms with van der Waals surface area (Å²) in [6, 6.07) is 16.4. The third kappa shape index (κ3) is 15.4. The second-order valence-electron chi connectivity index (χ2n) is 13.6. The average molecular weight is 701 g/mol. The average Bonchev–Trinajstić information content (AvgIpc) is 3.16. The van der Waals surface area contributed by atoms with Crippen LogP contribution in [-0.2, 0) is 23.8 Å². The van der Waals surface area contributed by atoms with E-state index < -0.39 is 11.6 Å². The van der Waals surface area contributed by atoms with Crippen LogP contribution in [0.4, 0.5) is 0 Å². The van der Waals surface area contributed by atoms with Crippen molar-refractivity contribution in [3.8, 4) is 5.75 Å². The summed E-state index contributed by atoms with van der Waals surface area (Å²) in [6.07, 6.45) is 24.7. The molecule has 2 unspecified atom stereocenters. The van der Waals surface area contributed by atoms with Crippen LogP contribution in [0.25, 0.3) is 5.57 Å². The summed E-state index contributed by atoms with van der Waals surface area (Å²) in [4.78, 5) is 37.3. The lowest BCUT2D eigenvalue weighted by molar-refractivity contribution is -0.167. The Bertz CT molecular complexity index is 1400. The highest BCUT2D eigenvalue weighted by Crippen LogP contribution is 2.35. The molecule has 2 aromatic rings. The Balaban J connectivity index is 1.38. The molecule has 0 saturated heterocycles. The van der Waals surface area contributed by atoms with Crippen LogP contribution in [0, 0.1) is 5.92 Å². The van der Waals surface area contributed by atoms with E-state index in [2.05, 4.69) is 20.4 Å². The van der Waals surface area contributed by atoms with Gasteiger partial charge in [0.15, 0.2) is 5.60 Å². The molecule has 0 bridgehead atoms. The lowest BCUT2D eigenvalue weighted by atomic mass is 9.88. The molecule has 0 amide bonds. The van der Waals surface area contributed by atoms with E-state index in [0.717, 1.165) is 49.7 Å². The molecule has 0 radical (unpaired) electrons. The first kappa shape index (κ1) is 41.5. The van der Waals surface area contributed by atoms with Gasteiger partial charge in [-0.1, -0.05) is 152 Å². The van der Waals surface area contributed by atoms with E-state index in [9.17, 15) is 14.4 Å². The van der Waals surface area contributed by atoms with Crippen LogP contribution in [-0.4, -0.2) is 43.3 Å². The maximum Gasteiger partial charge on any atom is 0.343 e. The Labute approximate surface area is 306 Å². The van der Waals surface area contributed by atoms with Gasteiger partial charge in [0.25, 0.3) is 0 Å². The van der Waals surface area contributed by atoms with E-state index >= 15 is 0 Å². The van der Waals surface area contributed by atoms with Crippen molar-refractivity contribution < 1.29 is 33.3 Å². The van der Waals surface area contributed by atoms with Crippen LogP contribution in [0.1, 0.15) is 133 Å². The molecule has 278 valence electrons. The number of unbranched alkanes of at least 4 members (excludes halogenated alkanes) is 13.